The highest BCUT2D eigenvalue weighted by Gasteiger charge is 2.32. The summed E-state index contributed by atoms with van der Waals surface area (Å²) in [4.78, 5) is 24.6. The van der Waals surface area contributed by atoms with Crippen LogP contribution in [0.4, 0.5) is 0 Å². The Bertz CT molecular complexity index is 335. The van der Waals surface area contributed by atoms with Crippen LogP contribution < -0.4 is 5.32 Å². The summed E-state index contributed by atoms with van der Waals surface area (Å²) in [6, 6.07) is 1.77. The van der Waals surface area contributed by atoms with E-state index in [-0.39, 0.29) is 11.3 Å². The molecular weight excluding hydrogens is 226 g/mol. The first-order valence-electron chi connectivity index (χ1n) is 5.04. The molecule has 6 heteroatoms. The molecule has 0 aromatic rings. The monoisotopic (exact) mass is 241 g/mol. The molecule has 0 bridgehead atoms. The van der Waals surface area contributed by atoms with Crippen LogP contribution in [0.25, 0.3) is 0 Å². The van der Waals surface area contributed by atoms with E-state index in [4.69, 9.17) is 5.26 Å². The molecule has 1 fully saturated rings. The van der Waals surface area contributed by atoms with E-state index in [0.29, 0.717) is 13.1 Å². The van der Waals surface area contributed by atoms with Crippen molar-refractivity contribution in [2.24, 2.45) is 0 Å². The van der Waals surface area contributed by atoms with Gasteiger partial charge in [-0.05, 0) is 13.8 Å². The van der Waals surface area contributed by atoms with Crippen LogP contribution in [0.1, 0.15) is 13.8 Å². The van der Waals surface area contributed by atoms with Gasteiger partial charge in [0, 0.05) is 23.6 Å². The summed E-state index contributed by atoms with van der Waals surface area (Å²) in [6.45, 7) is 5.12. The minimum Gasteiger partial charge on any atom is -0.335 e. The van der Waals surface area contributed by atoms with E-state index in [9.17, 15) is 9.59 Å². The van der Waals surface area contributed by atoms with Crippen molar-refractivity contribution >= 4 is 23.6 Å². The highest BCUT2D eigenvalue weighted by atomic mass is 32.2. The number of thioether (sulfide) groups is 1. The van der Waals surface area contributed by atoms with Crippen molar-refractivity contribution in [2.75, 3.05) is 25.4 Å². The van der Waals surface area contributed by atoms with Crippen LogP contribution in [0.2, 0.25) is 0 Å². The fourth-order valence-corrected chi connectivity index (χ4v) is 2.64. The Hall–Kier alpha value is -1.22. The van der Waals surface area contributed by atoms with E-state index in [0.717, 1.165) is 5.75 Å². The molecule has 0 aliphatic carbocycles. The normalized spacial score (nSPS) is 18.7. The van der Waals surface area contributed by atoms with Gasteiger partial charge >= 0.3 is 11.8 Å². The van der Waals surface area contributed by atoms with Crippen LogP contribution in [0.15, 0.2) is 0 Å². The third kappa shape index (κ3) is 3.42. The van der Waals surface area contributed by atoms with E-state index < -0.39 is 11.8 Å². The topological polar surface area (TPSA) is 73.2 Å². The number of nitrogens with zero attached hydrogens (tertiary/aromatic N) is 2. The lowest BCUT2D eigenvalue weighted by atomic mass is 10.2. The summed E-state index contributed by atoms with van der Waals surface area (Å²) in [5, 5.41) is 10.6. The first kappa shape index (κ1) is 12.8. The van der Waals surface area contributed by atoms with Crippen molar-refractivity contribution in [1.29, 1.82) is 5.26 Å². The Morgan fingerprint density at radius 1 is 1.56 bits per heavy atom. The zero-order chi connectivity index (χ0) is 12.2. The molecule has 88 valence electrons. The highest BCUT2D eigenvalue weighted by molar-refractivity contribution is 8.00. The summed E-state index contributed by atoms with van der Waals surface area (Å²) in [6.07, 6.45) is 0. The molecule has 1 aliphatic rings. The Morgan fingerprint density at radius 2 is 2.25 bits per heavy atom. The predicted octanol–water partition coefficient (Wildman–Crippen LogP) is -0.0198. The van der Waals surface area contributed by atoms with E-state index >= 15 is 0 Å². The van der Waals surface area contributed by atoms with E-state index in [2.05, 4.69) is 5.32 Å². The Morgan fingerprint density at radius 3 is 2.81 bits per heavy atom. The number of rotatable bonds is 1. The molecule has 1 rings (SSSR count). The SMILES string of the molecule is CC1(C)CN(C(=O)C(=O)NCC#N)CCS1. The molecule has 0 atom stereocenters. The molecule has 0 aromatic carbocycles. The predicted molar refractivity (Wildman–Crippen MR) is 61.7 cm³/mol. The summed E-state index contributed by atoms with van der Waals surface area (Å²) < 4.78 is -0.0105. The van der Waals surface area contributed by atoms with Crippen LogP contribution in [0.5, 0.6) is 0 Å². The van der Waals surface area contributed by atoms with Crippen LogP contribution in [0.3, 0.4) is 0 Å². The molecule has 5 nitrogen and oxygen atoms in total. The summed E-state index contributed by atoms with van der Waals surface area (Å²) >= 11 is 1.79. The molecule has 1 heterocycles. The fraction of sp³-hybridized carbons (Fsp3) is 0.700. The third-order valence-corrected chi connectivity index (χ3v) is 3.53. The zero-order valence-corrected chi connectivity index (χ0v) is 10.3. The average molecular weight is 241 g/mol. The second-order valence-electron chi connectivity index (χ2n) is 4.18. The van der Waals surface area contributed by atoms with Crippen LogP contribution in [0, 0.1) is 11.3 Å². The van der Waals surface area contributed by atoms with Gasteiger partial charge in [0.05, 0.1) is 6.07 Å². The zero-order valence-electron chi connectivity index (χ0n) is 9.45. The summed E-state index contributed by atoms with van der Waals surface area (Å²) in [5.74, 6) is -0.391. The first-order valence-corrected chi connectivity index (χ1v) is 6.03. The van der Waals surface area contributed by atoms with Gasteiger partial charge in [-0.3, -0.25) is 9.59 Å². The van der Waals surface area contributed by atoms with Gasteiger partial charge in [0.15, 0.2) is 0 Å². The molecule has 1 saturated heterocycles. The molecule has 16 heavy (non-hydrogen) atoms. The van der Waals surface area contributed by atoms with Crippen molar-refractivity contribution in [1.82, 2.24) is 10.2 Å². The molecule has 2 amide bonds. The highest BCUT2D eigenvalue weighted by Crippen LogP contribution is 2.29. The maximum atomic E-state index is 11.7. The van der Waals surface area contributed by atoms with Crippen LogP contribution >= 0.6 is 11.8 Å². The molecule has 0 saturated carbocycles. The van der Waals surface area contributed by atoms with E-state index in [1.165, 1.54) is 0 Å². The minimum atomic E-state index is -0.691. The van der Waals surface area contributed by atoms with Gasteiger partial charge in [-0.25, -0.2) is 0 Å². The lowest BCUT2D eigenvalue weighted by Crippen LogP contribution is -2.51. The average Bonchev–Trinajstić information content (AvgIpc) is 2.23. The van der Waals surface area contributed by atoms with Gasteiger partial charge in [0.2, 0.25) is 0 Å². The maximum absolute atomic E-state index is 11.7. The smallest absolute Gasteiger partial charge is 0.311 e. The van der Waals surface area contributed by atoms with Gasteiger partial charge < -0.3 is 10.2 Å². The lowest BCUT2D eigenvalue weighted by molar-refractivity contribution is -0.145. The van der Waals surface area contributed by atoms with Crippen LogP contribution in [-0.2, 0) is 9.59 Å². The van der Waals surface area contributed by atoms with Gasteiger partial charge in [-0.15, -0.1) is 0 Å². The molecule has 0 aromatic heterocycles. The van der Waals surface area contributed by atoms with Crippen molar-refractivity contribution in [3.05, 3.63) is 0 Å². The van der Waals surface area contributed by atoms with Crippen molar-refractivity contribution in [3.8, 4) is 6.07 Å². The fourth-order valence-electron chi connectivity index (χ4n) is 1.53. The molecular formula is C10H15N3O2S. The first-order chi connectivity index (χ1) is 7.46. The quantitative estimate of drug-likeness (QED) is 0.517. The molecule has 1 aliphatic heterocycles. The molecule has 1 N–H and O–H groups in total. The number of carbonyl (C=O) groups is 2. The second-order valence-corrected chi connectivity index (χ2v) is 5.98. The van der Waals surface area contributed by atoms with E-state index in [1.54, 1.807) is 22.7 Å². The Kier molecular flexibility index (Phi) is 4.19. The lowest BCUT2D eigenvalue weighted by Gasteiger charge is -2.37. The van der Waals surface area contributed by atoms with Gasteiger partial charge in [-0.2, -0.15) is 17.0 Å². The molecule has 0 unspecified atom stereocenters. The number of amides is 2. The van der Waals surface area contributed by atoms with E-state index in [1.807, 2.05) is 13.8 Å². The van der Waals surface area contributed by atoms with Crippen molar-refractivity contribution in [2.45, 2.75) is 18.6 Å². The second kappa shape index (κ2) is 5.21. The number of hydrogen-bond donors (Lipinski definition) is 1. The van der Waals surface area contributed by atoms with Crippen molar-refractivity contribution in [3.63, 3.8) is 0 Å². The number of carbonyl (C=O) groups excluding carboxylic acids is 2. The van der Waals surface area contributed by atoms with Gasteiger partial charge in [0.1, 0.15) is 6.54 Å². The standard InChI is InChI=1S/C10H15N3O2S/c1-10(2)7-13(5-6-16-10)9(15)8(14)12-4-3-11/h4-7H2,1-2H3,(H,12,14). The summed E-state index contributed by atoms with van der Waals surface area (Å²) in [7, 11) is 0. The number of hydrogen-bond acceptors (Lipinski definition) is 4. The summed E-state index contributed by atoms with van der Waals surface area (Å²) in [5.41, 5.74) is 0. The largest absolute Gasteiger partial charge is 0.335 e. The molecule has 0 radical (unpaired) electrons. The minimum absolute atomic E-state index is 0.0105. The Labute approximate surface area is 99.2 Å². The maximum Gasteiger partial charge on any atom is 0.311 e. The Balaban J connectivity index is 2.54. The molecule has 0 spiro atoms. The third-order valence-electron chi connectivity index (χ3n) is 2.24. The van der Waals surface area contributed by atoms with Crippen molar-refractivity contribution < 1.29 is 9.59 Å². The van der Waals surface area contributed by atoms with Crippen LogP contribution in [-0.4, -0.2) is 46.8 Å². The number of nitrogens with one attached hydrogen (secondary N) is 1. The van der Waals surface area contributed by atoms with Gasteiger partial charge in [-0.1, -0.05) is 0 Å². The van der Waals surface area contributed by atoms with Gasteiger partial charge in [0.25, 0.3) is 0 Å². The number of nitriles is 1.